The number of thiazole rings is 1. The van der Waals surface area contributed by atoms with Gasteiger partial charge in [0.15, 0.2) is 6.10 Å². The smallest absolute Gasteiger partial charge is 0.267 e. The van der Waals surface area contributed by atoms with Crippen molar-refractivity contribution in [2.45, 2.75) is 46.1 Å². The van der Waals surface area contributed by atoms with Gasteiger partial charge >= 0.3 is 0 Å². The Labute approximate surface area is 165 Å². The first-order valence-electron chi connectivity index (χ1n) is 9.82. The predicted octanol–water partition coefficient (Wildman–Crippen LogP) is 4.03. The molecule has 2 aliphatic heterocycles. The average Bonchev–Trinajstić information content (AvgIpc) is 3.01. The standard InChI is InChI=1S/C21H27N3O2S/c1-14-21(25)24(12-11-23-9-5-4-6-10-23)18-13-17(7-8-19(18)26-14)20-15(2)27-16(3)22-20/h7-8,13-14H,4-6,9-12H2,1-3H3. The summed E-state index contributed by atoms with van der Waals surface area (Å²) < 4.78 is 5.87. The van der Waals surface area contributed by atoms with Crippen LogP contribution >= 0.6 is 11.3 Å². The van der Waals surface area contributed by atoms with Gasteiger partial charge in [0.25, 0.3) is 5.91 Å². The number of rotatable bonds is 4. The van der Waals surface area contributed by atoms with Crippen LogP contribution in [0.4, 0.5) is 5.69 Å². The Balaban J connectivity index is 1.63. The fraction of sp³-hybridized carbons (Fsp3) is 0.524. The number of hydrogen-bond donors (Lipinski definition) is 0. The van der Waals surface area contributed by atoms with Crippen molar-refractivity contribution < 1.29 is 9.53 Å². The Hall–Kier alpha value is -1.92. The van der Waals surface area contributed by atoms with Gasteiger partial charge in [0.2, 0.25) is 0 Å². The van der Waals surface area contributed by atoms with Crippen LogP contribution in [0, 0.1) is 13.8 Å². The third-order valence-corrected chi connectivity index (χ3v) is 6.32. The molecule has 1 saturated heterocycles. The lowest BCUT2D eigenvalue weighted by Crippen LogP contribution is -2.48. The van der Waals surface area contributed by atoms with Gasteiger partial charge in [0.1, 0.15) is 5.75 Å². The molecule has 5 nitrogen and oxygen atoms in total. The number of ether oxygens (including phenoxy) is 1. The van der Waals surface area contributed by atoms with E-state index in [1.807, 2.05) is 30.9 Å². The normalized spacial score (nSPS) is 20.5. The Bertz CT molecular complexity index is 842. The SMILES string of the molecule is Cc1nc(-c2ccc3c(c2)N(CCN2CCCCC2)C(=O)C(C)O3)c(C)s1. The van der Waals surface area contributed by atoms with Gasteiger partial charge in [-0.15, -0.1) is 11.3 Å². The van der Waals surface area contributed by atoms with Gasteiger partial charge in [-0.1, -0.05) is 6.42 Å². The minimum absolute atomic E-state index is 0.0443. The summed E-state index contributed by atoms with van der Waals surface area (Å²) in [5, 5.41) is 1.06. The van der Waals surface area contributed by atoms with Gasteiger partial charge in [0, 0.05) is 23.5 Å². The summed E-state index contributed by atoms with van der Waals surface area (Å²) in [6.45, 7) is 9.85. The average molecular weight is 386 g/mol. The molecule has 1 amide bonds. The zero-order valence-electron chi connectivity index (χ0n) is 16.3. The molecule has 1 fully saturated rings. The van der Waals surface area contributed by atoms with Crippen LogP contribution in [0.2, 0.25) is 0 Å². The number of aromatic nitrogens is 1. The molecule has 0 bridgehead atoms. The van der Waals surface area contributed by atoms with Crippen molar-refractivity contribution in [2.75, 3.05) is 31.1 Å². The van der Waals surface area contributed by atoms with E-state index in [2.05, 4.69) is 22.9 Å². The molecule has 1 aromatic heterocycles. The van der Waals surface area contributed by atoms with Crippen molar-refractivity contribution in [3.05, 3.63) is 28.1 Å². The largest absolute Gasteiger partial charge is 0.479 e. The van der Waals surface area contributed by atoms with E-state index < -0.39 is 6.10 Å². The molecule has 4 rings (SSSR count). The van der Waals surface area contributed by atoms with Crippen LogP contribution < -0.4 is 9.64 Å². The molecule has 144 valence electrons. The number of fused-ring (bicyclic) bond motifs is 1. The maximum atomic E-state index is 12.8. The third kappa shape index (κ3) is 3.73. The highest BCUT2D eigenvalue weighted by Crippen LogP contribution is 2.38. The molecule has 2 aromatic rings. The summed E-state index contributed by atoms with van der Waals surface area (Å²) in [4.78, 5) is 23.1. The van der Waals surface area contributed by atoms with E-state index in [9.17, 15) is 4.79 Å². The van der Waals surface area contributed by atoms with E-state index in [0.717, 1.165) is 47.3 Å². The first-order valence-corrected chi connectivity index (χ1v) is 10.6. The van der Waals surface area contributed by atoms with E-state index in [1.54, 1.807) is 11.3 Å². The maximum absolute atomic E-state index is 12.8. The van der Waals surface area contributed by atoms with Crippen molar-refractivity contribution in [1.82, 2.24) is 9.88 Å². The highest BCUT2D eigenvalue weighted by Gasteiger charge is 2.32. The van der Waals surface area contributed by atoms with E-state index in [1.165, 1.54) is 24.1 Å². The van der Waals surface area contributed by atoms with Crippen LogP contribution in [0.1, 0.15) is 36.1 Å². The van der Waals surface area contributed by atoms with E-state index in [4.69, 9.17) is 4.74 Å². The lowest BCUT2D eigenvalue weighted by Gasteiger charge is -2.35. The zero-order valence-corrected chi connectivity index (χ0v) is 17.1. The number of amides is 1. The van der Waals surface area contributed by atoms with Gasteiger partial charge in [-0.2, -0.15) is 0 Å². The number of carbonyl (C=O) groups excluding carboxylic acids is 1. The molecule has 1 atom stereocenters. The van der Waals surface area contributed by atoms with Crippen LogP contribution in [0.3, 0.4) is 0 Å². The number of carbonyl (C=O) groups is 1. The van der Waals surface area contributed by atoms with Gasteiger partial charge in [-0.3, -0.25) is 4.79 Å². The fourth-order valence-corrected chi connectivity index (χ4v) is 4.85. The molecule has 1 unspecified atom stereocenters. The summed E-state index contributed by atoms with van der Waals surface area (Å²) in [6.07, 6.45) is 3.41. The second kappa shape index (κ2) is 7.60. The van der Waals surface area contributed by atoms with Crippen molar-refractivity contribution in [3.63, 3.8) is 0 Å². The second-order valence-corrected chi connectivity index (χ2v) is 8.88. The first-order chi connectivity index (χ1) is 13.0. The highest BCUT2D eigenvalue weighted by molar-refractivity contribution is 7.11. The fourth-order valence-electron chi connectivity index (χ4n) is 4.01. The molecule has 1 aromatic carbocycles. The Kier molecular flexibility index (Phi) is 5.19. The Morgan fingerprint density at radius 1 is 1.19 bits per heavy atom. The lowest BCUT2D eigenvalue weighted by molar-refractivity contribution is -0.125. The summed E-state index contributed by atoms with van der Waals surface area (Å²) in [6, 6.07) is 6.10. The molecule has 0 radical (unpaired) electrons. The van der Waals surface area contributed by atoms with E-state index in [-0.39, 0.29) is 5.91 Å². The van der Waals surface area contributed by atoms with E-state index in [0.29, 0.717) is 6.54 Å². The van der Waals surface area contributed by atoms with E-state index >= 15 is 0 Å². The zero-order chi connectivity index (χ0) is 19.0. The lowest BCUT2D eigenvalue weighted by atomic mass is 10.1. The molecular weight excluding hydrogens is 358 g/mol. The number of anilines is 1. The van der Waals surface area contributed by atoms with Gasteiger partial charge < -0.3 is 14.5 Å². The summed E-state index contributed by atoms with van der Waals surface area (Å²) >= 11 is 1.70. The number of hydrogen-bond acceptors (Lipinski definition) is 5. The van der Waals surface area contributed by atoms with Crippen LogP contribution in [0.25, 0.3) is 11.3 Å². The second-order valence-electron chi connectivity index (χ2n) is 7.47. The Morgan fingerprint density at radius 2 is 1.96 bits per heavy atom. The van der Waals surface area contributed by atoms with Crippen LogP contribution in [-0.2, 0) is 4.79 Å². The molecule has 0 N–H and O–H groups in total. The quantitative estimate of drug-likeness (QED) is 0.797. The first kappa shape index (κ1) is 18.4. The summed E-state index contributed by atoms with van der Waals surface area (Å²) in [5.41, 5.74) is 2.92. The molecule has 27 heavy (non-hydrogen) atoms. The number of aryl methyl sites for hydroxylation is 2. The van der Waals surface area contributed by atoms with Crippen LogP contribution in [0.15, 0.2) is 18.2 Å². The minimum Gasteiger partial charge on any atom is -0.479 e. The third-order valence-electron chi connectivity index (χ3n) is 5.43. The molecule has 0 aliphatic carbocycles. The Morgan fingerprint density at radius 3 is 2.67 bits per heavy atom. The van der Waals surface area contributed by atoms with Crippen molar-refractivity contribution >= 4 is 22.9 Å². The van der Waals surface area contributed by atoms with Crippen LogP contribution in [0.5, 0.6) is 5.75 Å². The van der Waals surface area contributed by atoms with Crippen molar-refractivity contribution in [3.8, 4) is 17.0 Å². The predicted molar refractivity (Wildman–Crippen MR) is 110 cm³/mol. The molecule has 3 heterocycles. The monoisotopic (exact) mass is 385 g/mol. The maximum Gasteiger partial charge on any atom is 0.267 e. The number of piperidine rings is 1. The topological polar surface area (TPSA) is 45.7 Å². The van der Waals surface area contributed by atoms with Gasteiger partial charge in [0.05, 0.1) is 16.4 Å². The highest BCUT2D eigenvalue weighted by atomic mass is 32.1. The van der Waals surface area contributed by atoms with Crippen molar-refractivity contribution in [1.29, 1.82) is 0 Å². The van der Waals surface area contributed by atoms with Gasteiger partial charge in [-0.05, 0) is 64.9 Å². The summed E-state index contributed by atoms with van der Waals surface area (Å²) in [7, 11) is 0. The minimum atomic E-state index is -0.437. The molecule has 0 spiro atoms. The van der Waals surface area contributed by atoms with Gasteiger partial charge in [-0.25, -0.2) is 4.98 Å². The summed E-state index contributed by atoms with van der Waals surface area (Å²) in [5.74, 6) is 0.830. The number of nitrogens with zero attached hydrogens (tertiary/aromatic N) is 3. The van der Waals surface area contributed by atoms with Crippen LogP contribution in [-0.4, -0.2) is 48.1 Å². The molecule has 6 heteroatoms. The molecular formula is C21H27N3O2S. The number of benzene rings is 1. The molecule has 2 aliphatic rings. The molecule has 0 saturated carbocycles. The van der Waals surface area contributed by atoms with Crippen molar-refractivity contribution in [2.24, 2.45) is 0 Å². The number of likely N-dealkylation sites (tertiary alicyclic amines) is 1.